The van der Waals surface area contributed by atoms with Crippen LogP contribution in [-0.2, 0) is 0 Å². The number of unbranched alkanes of at least 4 members (excludes halogenated alkanes) is 1. The van der Waals surface area contributed by atoms with Gasteiger partial charge >= 0.3 is 0 Å². The summed E-state index contributed by atoms with van der Waals surface area (Å²) in [7, 11) is 0. The van der Waals surface area contributed by atoms with Gasteiger partial charge < -0.3 is 0 Å². The SMILES string of the molecule is C=C(CCCC)n1nnc2ccccc21. The van der Waals surface area contributed by atoms with E-state index in [-0.39, 0.29) is 0 Å². The van der Waals surface area contributed by atoms with Gasteiger partial charge in [-0.2, -0.15) is 0 Å². The first-order valence-corrected chi connectivity index (χ1v) is 5.31. The van der Waals surface area contributed by atoms with Gasteiger partial charge in [0.1, 0.15) is 5.52 Å². The van der Waals surface area contributed by atoms with Crippen molar-refractivity contribution >= 4 is 16.7 Å². The molecule has 0 saturated heterocycles. The molecule has 0 atom stereocenters. The fourth-order valence-electron chi connectivity index (χ4n) is 1.59. The Morgan fingerprint density at radius 1 is 1.40 bits per heavy atom. The summed E-state index contributed by atoms with van der Waals surface area (Å²) in [6.07, 6.45) is 3.29. The first-order chi connectivity index (χ1) is 7.33. The van der Waals surface area contributed by atoms with Crippen molar-refractivity contribution in [1.29, 1.82) is 0 Å². The zero-order valence-corrected chi connectivity index (χ0v) is 8.98. The quantitative estimate of drug-likeness (QED) is 0.761. The molecule has 1 heterocycles. The molecule has 2 rings (SSSR count). The average Bonchev–Trinajstić information content (AvgIpc) is 2.69. The second-order valence-electron chi connectivity index (χ2n) is 3.66. The summed E-state index contributed by atoms with van der Waals surface area (Å²) in [4.78, 5) is 0. The van der Waals surface area contributed by atoms with Crippen molar-refractivity contribution in [1.82, 2.24) is 15.0 Å². The second-order valence-corrected chi connectivity index (χ2v) is 3.66. The standard InChI is InChI=1S/C12H15N3/c1-3-4-7-10(2)15-12-9-6-5-8-11(12)13-14-15/h5-6,8-9H,2-4,7H2,1H3. The van der Waals surface area contributed by atoms with Gasteiger partial charge in [-0.15, -0.1) is 5.10 Å². The van der Waals surface area contributed by atoms with Crippen LogP contribution >= 0.6 is 0 Å². The maximum atomic E-state index is 4.12. The smallest absolute Gasteiger partial charge is 0.113 e. The van der Waals surface area contributed by atoms with E-state index in [1.807, 2.05) is 28.9 Å². The molecule has 0 N–H and O–H groups in total. The van der Waals surface area contributed by atoms with Gasteiger partial charge in [0.25, 0.3) is 0 Å². The van der Waals surface area contributed by atoms with Crippen LogP contribution in [0.1, 0.15) is 26.2 Å². The first-order valence-electron chi connectivity index (χ1n) is 5.31. The molecule has 2 aromatic rings. The van der Waals surface area contributed by atoms with Gasteiger partial charge in [0.05, 0.1) is 5.52 Å². The zero-order valence-electron chi connectivity index (χ0n) is 8.98. The lowest BCUT2D eigenvalue weighted by Crippen LogP contribution is -1.98. The van der Waals surface area contributed by atoms with E-state index in [1.165, 1.54) is 6.42 Å². The lowest BCUT2D eigenvalue weighted by molar-refractivity contribution is 0.756. The normalized spacial score (nSPS) is 10.7. The molecule has 0 aliphatic rings. The van der Waals surface area contributed by atoms with Crippen LogP contribution in [0.5, 0.6) is 0 Å². The van der Waals surface area contributed by atoms with Crippen LogP contribution in [0.4, 0.5) is 0 Å². The topological polar surface area (TPSA) is 30.7 Å². The predicted molar refractivity (Wildman–Crippen MR) is 62.4 cm³/mol. The minimum atomic E-state index is 0.926. The molecule has 0 aliphatic heterocycles. The van der Waals surface area contributed by atoms with Crippen LogP contribution in [0.25, 0.3) is 16.7 Å². The van der Waals surface area contributed by atoms with Crippen LogP contribution < -0.4 is 0 Å². The summed E-state index contributed by atoms with van der Waals surface area (Å²) in [6, 6.07) is 7.95. The third kappa shape index (κ3) is 1.91. The van der Waals surface area contributed by atoms with E-state index in [0.29, 0.717) is 0 Å². The number of rotatable bonds is 4. The first kappa shape index (κ1) is 9.90. The van der Waals surface area contributed by atoms with E-state index in [9.17, 15) is 0 Å². The average molecular weight is 201 g/mol. The Morgan fingerprint density at radius 2 is 2.20 bits per heavy atom. The lowest BCUT2D eigenvalue weighted by atomic mass is 10.2. The number of fused-ring (bicyclic) bond motifs is 1. The number of allylic oxidation sites excluding steroid dienone is 1. The predicted octanol–water partition coefficient (Wildman–Crippen LogP) is 3.09. The molecule has 0 amide bonds. The molecule has 3 heteroatoms. The lowest BCUT2D eigenvalue weighted by Gasteiger charge is -2.04. The molecule has 1 aromatic heterocycles. The molecule has 78 valence electrons. The van der Waals surface area contributed by atoms with E-state index in [2.05, 4.69) is 23.8 Å². The molecule has 15 heavy (non-hydrogen) atoms. The highest BCUT2D eigenvalue weighted by molar-refractivity contribution is 5.77. The number of nitrogens with zero attached hydrogens (tertiary/aromatic N) is 3. The molecule has 1 aromatic carbocycles. The number of hydrogen-bond acceptors (Lipinski definition) is 2. The van der Waals surface area contributed by atoms with E-state index in [0.717, 1.165) is 29.6 Å². The third-order valence-corrected chi connectivity index (χ3v) is 2.47. The van der Waals surface area contributed by atoms with E-state index in [4.69, 9.17) is 0 Å². The van der Waals surface area contributed by atoms with Crippen molar-refractivity contribution in [2.45, 2.75) is 26.2 Å². The van der Waals surface area contributed by atoms with Crippen LogP contribution in [0.2, 0.25) is 0 Å². The van der Waals surface area contributed by atoms with E-state index < -0.39 is 0 Å². The van der Waals surface area contributed by atoms with Gasteiger partial charge in [-0.25, -0.2) is 4.68 Å². The number of para-hydroxylation sites is 1. The van der Waals surface area contributed by atoms with Gasteiger partial charge in [0.2, 0.25) is 0 Å². The van der Waals surface area contributed by atoms with Crippen LogP contribution in [-0.4, -0.2) is 15.0 Å². The summed E-state index contributed by atoms with van der Waals surface area (Å²) < 4.78 is 1.84. The summed E-state index contributed by atoms with van der Waals surface area (Å²) in [5.41, 5.74) is 2.99. The molecule has 0 radical (unpaired) electrons. The third-order valence-electron chi connectivity index (χ3n) is 2.47. The summed E-state index contributed by atoms with van der Waals surface area (Å²) in [5, 5.41) is 8.22. The fraction of sp³-hybridized carbons (Fsp3) is 0.333. The summed E-state index contributed by atoms with van der Waals surface area (Å²) >= 11 is 0. The highest BCUT2D eigenvalue weighted by atomic mass is 15.4. The van der Waals surface area contributed by atoms with Crippen molar-refractivity contribution < 1.29 is 0 Å². The molecule has 0 fully saturated rings. The maximum Gasteiger partial charge on any atom is 0.113 e. The minimum absolute atomic E-state index is 0.926. The van der Waals surface area contributed by atoms with Gasteiger partial charge in [-0.3, -0.25) is 0 Å². The second kappa shape index (κ2) is 4.26. The Morgan fingerprint density at radius 3 is 3.00 bits per heavy atom. The molecular weight excluding hydrogens is 186 g/mol. The van der Waals surface area contributed by atoms with Gasteiger partial charge in [-0.05, 0) is 25.0 Å². The highest BCUT2D eigenvalue weighted by Gasteiger charge is 2.05. The molecule has 0 aliphatic carbocycles. The van der Waals surface area contributed by atoms with Gasteiger partial charge in [0.15, 0.2) is 0 Å². The minimum Gasteiger partial charge on any atom is -0.218 e. The van der Waals surface area contributed by atoms with Crippen molar-refractivity contribution in [2.24, 2.45) is 0 Å². The Kier molecular flexibility index (Phi) is 2.81. The van der Waals surface area contributed by atoms with Crippen molar-refractivity contribution in [3.63, 3.8) is 0 Å². The fourth-order valence-corrected chi connectivity index (χ4v) is 1.59. The molecule has 3 nitrogen and oxygen atoms in total. The number of aromatic nitrogens is 3. The van der Waals surface area contributed by atoms with E-state index in [1.54, 1.807) is 0 Å². The molecular formula is C12H15N3. The Labute approximate surface area is 89.4 Å². The molecule has 0 bridgehead atoms. The summed E-state index contributed by atoms with van der Waals surface area (Å²) in [6.45, 7) is 6.22. The Bertz CT molecular complexity index is 470. The zero-order chi connectivity index (χ0) is 10.7. The molecule has 0 saturated carbocycles. The number of benzene rings is 1. The van der Waals surface area contributed by atoms with Gasteiger partial charge in [-0.1, -0.05) is 37.3 Å². The van der Waals surface area contributed by atoms with Crippen LogP contribution in [0.3, 0.4) is 0 Å². The van der Waals surface area contributed by atoms with Crippen molar-refractivity contribution in [3.05, 3.63) is 30.8 Å². The van der Waals surface area contributed by atoms with Crippen molar-refractivity contribution in [2.75, 3.05) is 0 Å². The maximum absolute atomic E-state index is 4.12. The van der Waals surface area contributed by atoms with E-state index >= 15 is 0 Å². The Hall–Kier alpha value is -1.64. The largest absolute Gasteiger partial charge is 0.218 e. The summed E-state index contributed by atoms with van der Waals surface area (Å²) in [5.74, 6) is 0. The molecule has 0 unspecified atom stereocenters. The monoisotopic (exact) mass is 201 g/mol. The molecule has 0 spiro atoms. The van der Waals surface area contributed by atoms with Crippen LogP contribution in [0, 0.1) is 0 Å². The van der Waals surface area contributed by atoms with Gasteiger partial charge in [0, 0.05) is 5.70 Å². The van der Waals surface area contributed by atoms with Crippen LogP contribution in [0.15, 0.2) is 30.8 Å². The number of hydrogen-bond donors (Lipinski definition) is 0. The Balaban J connectivity index is 2.31. The van der Waals surface area contributed by atoms with Crippen molar-refractivity contribution in [3.8, 4) is 0 Å². The highest BCUT2D eigenvalue weighted by Crippen LogP contribution is 2.17.